The van der Waals surface area contributed by atoms with Gasteiger partial charge in [0.25, 0.3) is 0 Å². The number of rotatable bonds is 6. The van der Waals surface area contributed by atoms with Crippen molar-refractivity contribution in [1.29, 1.82) is 0 Å². The Hall–Kier alpha value is -2.08. The SMILES string of the molecule is CCN(CC(=O)O)C(=O)OCc1ccccc1C1CNC1. The van der Waals surface area contributed by atoms with Crippen molar-refractivity contribution in [2.45, 2.75) is 19.4 Å². The fourth-order valence-corrected chi connectivity index (χ4v) is 2.27. The van der Waals surface area contributed by atoms with Crippen LogP contribution in [0.15, 0.2) is 24.3 Å². The zero-order valence-electron chi connectivity index (χ0n) is 12.0. The molecular weight excluding hydrogens is 272 g/mol. The van der Waals surface area contributed by atoms with Crippen LogP contribution in [0.5, 0.6) is 0 Å². The van der Waals surface area contributed by atoms with Crippen LogP contribution >= 0.6 is 0 Å². The monoisotopic (exact) mass is 292 g/mol. The lowest BCUT2D eigenvalue weighted by Gasteiger charge is -2.29. The average Bonchev–Trinajstić information content (AvgIpc) is 2.41. The van der Waals surface area contributed by atoms with E-state index < -0.39 is 12.1 Å². The second-order valence-corrected chi connectivity index (χ2v) is 5.02. The molecule has 114 valence electrons. The Morgan fingerprint density at radius 3 is 2.67 bits per heavy atom. The first kappa shape index (κ1) is 15.3. The minimum absolute atomic E-state index is 0.168. The largest absolute Gasteiger partial charge is 0.480 e. The van der Waals surface area contributed by atoms with Crippen molar-refractivity contribution in [1.82, 2.24) is 10.2 Å². The maximum absolute atomic E-state index is 11.9. The van der Waals surface area contributed by atoms with E-state index in [1.807, 2.05) is 24.3 Å². The Morgan fingerprint density at radius 2 is 2.10 bits per heavy atom. The van der Waals surface area contributed by atoms with E-state index in [0.29, 0.717) is 12.5 Å². The van der Waals surface area contributed by atoms with E-state index in [0.717, 1.165) is 23.6 Å². The highest BCUT2D eigenvalue weighted by Crippen LogP contribution is 2.24. The van der Waals surface area contributed by atoms with E-state index in [-0.39, 0.29) is 13.2 Å². The fraction of sp³-hybridized carbons (Fsp3) is 0.467. The van der Waals surface area contributed by atoms with Gasteiger partial charge in [0.15, 0.2) is 0 Å². The van der Waals surface area contributed by atoms with Gasteiger partial charge in [-0.2, -0.15) is 0 Å². The highest BCUT2D eigenvalue weighted by Gasteiger charge is 2.22. The molecule has 0 unspecified atom stereocenters. The summed E-state index contributed by atoms with van der Waals surface area (Å²) in [4.78, 5) is 23.7. The van der Waals surface area contributed by atoms with Crippen molar-refractivity contribution in [3.8, 4) is 0 Å². The molecule has 1 aliphatic heterocycles. The van der Waals surface area contributed by atoms with Crippen LogP contribution in [0.25, 0.3) is 0 Å². The molecule has 0 aliphatic carbocycles. The van der Waals surface area contributed by atoms with Gasteiger partial charge in [0.2, 0.25) is 0 Å². The molecule has 1 amide bonds. The standard InChI is InChI=1S/C15H20N2O4/c1-2-17(9-14(18)19)15(20)21-10-11-5-3-4-6-13(11)12-7-16-8-12/h3-6,12,16H,2,7-10H2,1H3,(H,18,19). The van der Waals surface area contributed by atoms with Crippen molar-refractivity contribution in [3.05, 3.63) is 35.4 Å². The van der Waals surface area contributed by atoms with Crippen LogP contribution in [0.3, 0.4) is 0 Å². The van der Waals surface area contributed by atoms with Crippen LogP contribution < -0.4 is 5.32 Å². The number of benzene rings is 1. The molecule has 1 aromatic carbocycles. The predicted octanol–water partition coefficient (Wildman–Crippen LogP) is 1.42. The number of likely N-dealkylation sites (N-methyl/N-ethyl adjacent to an activating group) is 1. The third kappa shape index (κ3) is 3.95. The number of carboxylic acid groups (broad SMARTS) is 1. The molecule has 2 rings (SSSR count). The molecular formula is C15H20N2O4. The molecule has 1 fully saturated rings. The third-order valence-corrected chi connectivity index (χ3v) is 3.59. The average molecular weight is 292 g/mol. The number of nitrogens with zero attached hydrogens (tertiary/aromatic N) is 1. The van der Waals surface area contributed by atoms with Gasteiger partial charge in [-0.1, -0.05) is 24.3 Å². The summed E-state index contributed by atoms with van der Waals surface area (Å²) < 4.78 is 5.24. The van der Waals surface area contributed by atoms with Gasteiger partial charge in [0.1, 0.15) is 13.2 Å². The molecule has 21 heavy (non-hydrogen) atoms. The summed E-state index contributed by atoms with van der Waals surface area (Å²) >= 11 is 0. The summed E-state index contributed by atoms with van der Waals surface area (Å²) in [5.74, 6) is -0.587. The number of nitrogens with one attached hydrogen (secondary N) is 1. The first-order valence-electron chi connectivity index (χ1n) is 7.03. The Balaban J connectivity index is 1.96. The Morgan fingerprint density at radius 1 is 1.38 bits per heavy atom. The highest BCUT2D eigenvalue weighted by molar-refractivity contribution is 5.76. The Bertz CT molecular complexity index is 514. The first-order chi connectivity index (χ1) is 10.1. The number of hydrogen-bond donors (Lipinski definition) is 2. The second-order valence-electron chi connectivity index (χ2n) is 5.02. The summed E-state index contributed by atoms with van der Waals surface area (Å²) in [5, 5.41) is 12.0. The number of carboxylic acids is 1. The molecule has 1 aliphatic rings. The highest BCUT2D eigenvalue weighted by atomic mass is 16.6. The van der Waals surface area contributed by atoms with Crippen LogP contribution in [-0.4, -0.2) is 48.2 Å². The van der Waals surface area contributed by atoms with E-state index in [1.54, 1.807) is 6.92 Å². The number of amides is 1. The third-order valence-electron chi connectivity index (χ3n) is 3.59. The lowest BCUT2D eigenvalue weighted by Crippen LogP contribution is -2.40. The lowest BCUT2D eigenvalue weighted by atomic mass is 9.90. The Kier molecular flexibility index (Phi) is 5.16. The lowest BCUT2D eigenvalue weighted by molar-refractivity contribution is -0.138. The maximum atomic E-state index is 11.9. The summed E-state index contributed by atoms with van der Waals surface area (Å²) in [7, 11) is 0. The number of carbonyl (C=O) groups is 2. The van der Waals surface area contributed by atoms with Crippen LogP contribution in [0.2, 0.25) is 0 Å². The molecule has 6 heteroatoms. The van der Waals surface area contributed by atoms with Gasteiger partial charge >= 0.3 is 12.1 Å². The van der Waals surface area contributed by atoms with E-state index >= 15 is 0 Å². The van der Waals surface area contributed by atoms with Crippen LogP contribution in [-0.2, 0) is 16.1 Å². The van der Waals surface area contributed by atoms with Gasteiger partial charge in [0.05, 0.1) is 0 Å². The summed E-state index contributed by atoms with van der Waals surface area (Å²) in [6.45, 7) is 3.72. The molecule has 0 atom stereocenters. The molecule has 0 bridgehead atoms. The molecule has 1 aromatic rings. The van der Waals surface area contributed by atoms with Gasteiger partial charge < -0.3 is 15.2 Å². The fourth-order valence-electron chi connectivity index (χ4n) is 2.27. The number of hydrogen-bond acceptors (Lipinski definition) is 4. The van der Waals surface area contributed by atoms with Crippen molar-refractivity contribution < 1.29 is 19.4 Å². The topological polar surface area (TPSA) is 78.9 Å². The molecule has 0 radical (unpaired) electrons. The van der Waals surface area contributed by atoms with E-state index in [1.165, 1.54) is 5.56 Å². The summed E-state index contributed by atoms with van der Waals surface area (Å²) in [5.41, 5.74) is 2.16. The summed E-state index contributed by atoms with van der Waals surface area (Å²) in [6, 6.07) is 7.87. The van der Waals surface area contributed by atoms with Crippen molar-refractivity contribution in [3.63, 3.8) is 0 Å². The van der Waals surface area contributed by atoms with Crippen molar-refractivity contribution in [2.24, 2.45) is 0 Å². The van der Waals surface area contributed by atoms with Gasteiger partial charge in [0, 0.05) is 25.6 Å². The van der Waals surface area contributed by atoms with E-state index in [9.17, 15) is 9.59 Å². The van der Waals surface area contributed by atoms with Crippen molar-refractivity contribution in [2.75, 3.05) is 26.2 Å². The van der Waals surface area contributed by atoms with E-state index in [2.05, 4.69) is 5.32 Å². The maximum Gasteiger partial charge on any atom is 0.410 e. The normalized spacial score (nSPS) is 14.3. The summed E-state index contributed by atoms with van der Waals surface area (Å²) in [6.07, 6.45) is -0.596. The van der Waals surface area contributed by atoms with Gasteiger partial charge in [-0.3, -0.25) is 9.69 Å². The van der Waals surface area contributed by atoms with Gasteiger partial charge in [-0.15, -0.1) is 0 Å². The molecule has 2 N–H and O–H groups in total. The van der Waals surface area contributed by atoms with Crippen molar-refractivity contribution >= 4 is 12.1 Å². The van der Waals surface area contributed by atoms with Gasteiger partial charge in [-0.25, -0.2) is 4.79 Å². The van der Waals surface area contributed by atoms with Crippen LogP contribution in [0.1, 0.15) is 24.0 Å². The quantitative estimate of drug-likeness (QED) is 0.829. The number of aliphatic carboxylic acids is 1. The predicted molar refractivity (Wildman–Crippen MR) is 77.1 cm³/mol. The second kappa shape index (κ2) is 7.08. The minimum atomic E-state index is -1.05. The molecule has 0 saturated carbocycles. The van der Waals surface area contributed by atoms with Crippen LogP contribution in [0.4, 0.5) is 4.79 Å². The number of ether oxygens (including phenoxy) is 1. The zero-order chi connectivity index (χ0) is 15.2. The Labute approximate surface area is 123 Å². The number of carbonyl (C=O) groups excluding carboxylic acids is 1. The smallest absolute Gasteiger partial charge is 0.410 e. The van der Waals surface area contributed by atoms with Gasteiger partial charge in [-0.05, 0) is 18.1 Å². The molecule has 1 saturated heterocycles. The molecule has 6 nitrogen and oxygen atoms in total. The van der Waals surface area contributed by atoms with Crippen LogP contribution in [0, 0.1) is 0 Å². The zero-order valence-corrected chi connectivity index (χ0v) is 12.0. The first-order valence-corrected chi connectivity index (χ1v) is 7.03. The minimum Gasteiger partial charge on any atom is -0.480 e. The molecule has 0 aromatic heterocycles. The molecule has 0 spiro atoms. The van der Waals surface area contributed by atoms with E-state index in [4.69, 9.17) is 9.84 Å². The molecule has 1 heterocycles.